The molecular formula is C91H54N12. The monoisotopic (exact) mass is 1310 g/mol. The number of aromatic nitrogens is 11. The van der Waals surface area contributed by atoms with Crippen LogP contribution >= 0.6 is 0 Å². The second-order valence-electron chi connectivity index (χ2n) is 26.0. The van der Waals surface area contributed by atoms with Gasteiger partial charge >= 0.3 is 0 Å². The van der Waals surface area contributed by atoms with E-state index in [1.165, 1.54) is 21.8 Å². The molecule has 0 atom stereocenters. The first-order valence-corrected chi connectivity index (χ1v) is 34.4. The van der Waals surface area contributed by atoms with Crippen molar-refractivity contribution in [3.63, 3.8) is 0 Å². The van der Waals surface area contributed by atoms with Gasteiger partial charge in [0.2, 0.25) is 0 Å². The van der Waals surface area contributed by atoms with E-state index in [2.05, 4.69) is 247 Å². The van der Waals surface area contributed by atoms with Gasteiger partial charge in [-0.1, -0.05) is 200 Å². The zero-order chi connectivity index (χ0) is 67.8. The number of para-hydroxylation sites is 6. The quantitative estimate of drug-likeness (QED) is 0.133. The molecule has 0 radical (unpaired) electrons. The summed E-state index contributed by atoms with van der Waals surface area (Å²) in [5.74, 6) is 1.26. The molecule has 0 N–H and O–H groups in total. The highest BCUT2D eigenvalue weighted by molar-refractivity contribution is 6.16. The molecule has 12 heteroatoms. The Morgan fingerprint density at radius 3 is 1.00 bits per heavy atom. The van der Waals surface area contributed by atoms with E-state index in [-0.39, 0.29) is 0 Å². The van der Waals surface area contributed by atoms with Gasteiger partial charge in [0.05, 0.1) is 99.9 Å². The molecule has 0 amide bonds. The Labute approximate surface area is 588 Å². The van der Waals surface area contributed by atoms with Crippen LogP contribution in [0.5, 0.6) is 0 Å². The van der Waals surface area contributed by atoms with Gasteiger partial charge < -0.3 is 22.8 Å². The molecule has 0 saturated carbocycles. The molecule has 9 aromatic heterocycles. The molecule has 12 aromatic carbocycles. The number of hydrogen-bond donors (Lipinski definition) is 0. The van der Waals surface area contributed by atoms with E-state index in [9.17, 15) is 5.26 Å². The summed E-state index contributed by atoms with van der Waals surface area (Å²) in [6, 6.07) is 111. The van der Waals surface area contributed by atoms with Crippen molar-refractivity contribution >= 4 is 109 Å². The lowest BCUT2D eigenvalue weighted by atomic mass is 9.90. The van der Waals surface area contributed by atoms with Crippen LogP contribution in [0.1, 0.15) is 5.56 Å². The van der Waals surface area contributed by atoms with Crippen molar-refractivity contribution in [1.82, 2.24) is 52.7 Å². The minimum absolute atomic E-state index is 0.340. The average molecular weight is 1320 g/mol. The van der Waals surface area contributed by atoms with Crippen molar-refractivity contribution in [2.24, 2.45) is 0 Å². The standard InChI is InChI=1S/C91H54N12/c92-55-70-81(57-43-48-62(49-44-57)100-73-34-15-9-28-65(73)69-54-60(45-50-77(69)100)56-41-46-61(47-42-56)99-71-32-13-7-26-63(71)64-27-8-14-33-72(64)99)87(102-75-36-17-11-30-67(75)84-79(102)39-20-52-94-84)88(103-76-37-18-12-31-68(76)85-80(103)40-21-53-95-85)82(86(70)101-74-35-16-10-29-66(74)83-78(101)38-19-51-93-83)91-97-89(58-22-3-1-4-23-58)96-90(98-91)59-24-5-2-6-25-59/h1-54H. The summed E-state index contributed by atoms with van der Waals surface area (Å²) >= 11 is 0. The Kier molecular flexibility index (Phi) is 12.8. The fourth-order valence-electron chi connectivity index (χ4n) is 16.2. The summed E-state index contributed by atoms with van der Waals surface area (Å²) in [4.78, 5) is 32.3. The van der Waals surface area contributed by atoms with Crippen molar-refractivity contribution in [3.8, 4) is 90.9 Å². The summed E-state index contributed by atoms with van der Waals surface area (Å²) < 4.78 is 11.6. The SMILES string of the molecule is N#Cc1c(-c2ccc(-n3c4ccccc4c4cc(-c5ccc(-n6c7ccccc7c7ccccc76)cc5)ccc43)cc2)c(-n2c3ccccc3c3ncccc32)c(-n2c3ccccc3c3ncccc32)c(-c2nc(-c3ccccc3)nc(-c3ccccc3)n2)c1-n1c2ccccc2c2ncccc21. The van der Waals surface area contributed by atoms with Crippen LogP contribution in [0.2, 0.25) is 0 Å². The normalized spacial score (nSPS) is 11.9. The molecule has 0 unspecified atom stereocenters. The summed E-state index contributed by atoms with van der Waals surface area (Å²) in [6.07, 6.45) is 5.54. The number of pyridine rings is 3. The summed E-state index contributed by atoms with van der Waals surface area (Å²) in [6.45, 7) is 0. The van der Waals surface area contributed by atoms with E-state index in [4.69, 9.17) is 29.9 Å². The smallest absolute Gasteiger partial charge is 0.168 e. The highest BCUT2D eigenvalue weighted by Gasteiger charge is 2.36. The summed E-state index contributed by atoms with van der Waals surface area (Å²) in [7, 11) is 0. The number of nitrogens with zero attached hydrogens (tertiary/aromatic N) is 12. The molecule has 0 saturated heterocycles. The van der Waals surface area contributed by atoms with Crippen molar-refractivity contribution in [2.75, 3.05) is 0 Å². The van der Waals surface area contributed by atoms with Gasteiger partial charge in [0, 0.05) is 84.4 Å². The zero-order valence-electron chi connectivity index (χ0n) is 55.0. The second-order valence-corrected chi connectivity index (χ2v) is 26.0. The van der Waals surface area contributed by atoms with Crippen LogP contribution in [-0.2, 0) is 0 Å². The highest BCUT2D eigenvalue weighted by atomic mass is 15.1. The Balaban J connectivity index is 0.872. The van der Waals surface area contributed by atoms with Crippen molar-refractivity contribution in [3.05, 3.63) is 334 Å². The number of nitriles is 1. The van der Waals surface area contributed by atoms with Crippen LogP contribution in [0, 0.1) is 11.3 Å². The van der Waals surface area contributed by atoms with Gasteiger partial charge in [0.25, 0.3) is 0 Å². The summed E-state index contributed by atoms with van der Waals surface area (Å²) in [5, 5.41) is 20.6. The van der Waals surface area contributed by atoms with Crippen molar-refractivity contribution in [1.29, 1.82) is 5.26 Å². The first-order chi connectivity index (χ1) is 51.1. The van der Waals surface area contributed by atoms with Gasteiger partial charge in [-0.05, 0) is 126 Å². The first-order valence-electron chi connectivity index (χ1n) is 34.4. The lowest BCUT2D eigenvalue weighted by Crippen LogP contribution is -2.15. The average Bonchev–Trinajstić information content (AvgIpc) is 1.62. The highest BCUT2D eigenvalue weighted by Crippen LogP contribution is 2.52. The minimum Gasteiger partial charge on any atom is -0.309 e. The number of benzene rings is 12. The Morgan fingerprint density at radius 2 is 0.563 bits per heavy atom. The predicted octanol–water partition coefficient (Wildman–Crippen LogP) is 21.7. The molecule has 21 rings (SSSR count). The largest absolute Gasteiger partial charge is 0.309 e. The Hall–Kier alpha value is -14.4. The third kappa shape index (κ3) is 8.70. The molecule has 0 spiro atoms. The number of rotatable bonds is 10. The minimum atomic E-state index is 0.340. The van der Waals surface area contributed by atoms with Crippen LogP contribution in [0.15, 0.2) is 328 Å². The van der Waals surface area contributed by atoms with Crippen LogP contribution in [0.4, 0.5) is 0 Å². The van der Waals surface area contributed by atoms with Gasteiger partial charge in [-0.25, -0.2) is 15.0 Å². The Bertz CT molecular complexity index is 6840. The lowest BCUT2D eigenvalue weighted by Gasteiger charge is -2.28. The predicted molar refractivity (Wildman–Crippen MR) is 417 cm³/mol. The molecule has 0 fully saturated rings. The van der Waals surface area contributed by atoms with Gasteiger partial charge in [0.15, 0.2) is 17.5 Å². The Morgan fingerprint density at radius 1 is 0.233 bits per heavy atom. The van der Waals surface area contributed by atoms with E-state index in [0.29, 0.717) is 51.2 Å². The fraction of sp³-hybridized carbons (Fsp3) is 0. The molecule has 9 heterocycles. The maximum absolute atomic E-state index is 13.1. The molecule has 0 aliphatic rings. The van der Waals surface area contributed by atoms with Gasteiger partial charge in [-0.2, -0.15) is 5.26 Å². The third-order valence-corrected chi connectivity index (χ3v) is 20.5. The van der Waals surface area contributed by atoms with E-state index in [0.717, 1.165) is 127 Å². The van der Waals surface area contributed by atoms with E-state index >= 15 is 0 Å². The maximum atomic E-state index is 13.1. The molecule has 0 aliphatic carbocycles. The molecular weight excluding hydrogens is 1260 g/mol. The molecule has 478 valence electrons. The second kappa shape index (κ2) is 22.8. The molecule has 0 aliphatic heterocycles. The zero-order valence-corrected chi connectivity index (χ0v) is 55.0. The van der Waals surface area contributed by atoms with Crippen LogP contribution in [-0.4, -0.2) is 52.7 Å². The van der Waals surface area contributed by atoms with Gasteiger partial charge in [-0.15, -0.1) is 0 Å². The van der Waals surface area contributed by atoms with Crippen molar-refractivity contribution < 1.29 is 0 Å². The molecule has 12 nitrogen and oxygen atoms in total. The van der Waals surface area contributed by atoms with Crippen LogP contribution in [0.25, 0.3) is 194 Å². The van der Waals surface area contributed by atoms with E-state index in [1.807, 2.05) is 110 Å². The number of fused-ring (bicyclic) bond motifs is 15. The molecule has 0 bridgehead atoms. The van der Waals surface area contributed by atoms with E-state index < -0.39 is 0 Å². The molecule has 103 heavy (non-hydrogen) atoms. The first kappa shape index (κ1) is 57.6. The van der Waals surface area contributed by atoms with Crippen LogP contribution in [0.3, 0.4) is 0 Å². The van der Waals surface area contributed by atoms with Crippen molar-refractivity contribution in [2.45, 2.75) is 0 Å². The topological polar surface area (TPSA) is 126 Å². The van der Waals surface area contributed by atoms with Gasteiger partial charge in [0.1, 0.15) is 6.07 Å². The van der Waals surface area contributed by atoms with Crippen LogP contribution < -0.4 is 0 Å². The fourth-order valence-corrected chi connectivity index (χ4v) is 16.2. The number of hydrogen-bond acceptors (Lipinski definition) is 7. The van der Waals surface area contributed by atoms with E-state index in [1.54, 1.807) is 0 Å². The molecule has 21 aromatic rings. The lowest BCUT2D eigenvalue weighted by molar-refractivity contribution is 1.03. The maximum Gasteiger partial charge on any atom is 0.168 e. The van der Waals surface area contributed by atoms with Gasteiger partial charge in [-0.3, -0.25) is 15.0 Å². The summed E-state index contributed by atoms with van der Waals surface area (Å²) in [5.41, 5.74) is 22.1. The third-order valence-electron chi connectivity index (χ3n) is 20.5.